The molecule has 0 aliphatic heterocycles. The first-order chi connectivity index (χ1) is 12.4. The Morgan fingerprint density at radius 1 is 1.23 bits per heavy atom. The molecular formula is C18H22N4O3S. The van der Waals surface area contributed by atoms with Gasteiger partial charge in [0.05, 0.1) is 10.9 Å². The van der Waals surface area contributed by atoms with E-state index >= 15 is 0 Å². The molecule has 1 fully saturated rings. The van der Waals surface area contributed by atoms with Gasteiger partial charge in [-0.05, 0) is 55.7 Å². The fraction of sp³-hybridized carbons (Fsp3) is 0.333. The van der Waals surface area contributed by atoms with E-state index in [2.05, 4.69) is 15.0 Å². The maximum Gasteiger partial charge on any atom is 0.322 e. The molecule has 3 rings (SSSR count). The monoisotopic (exact) mass is 374 g/mol. The van der Waals surface area contributed by atoms with Crippen LogP contribution in [0, 0.1) is 0 Å². The van der Waals surface area contributed by atoms with Crippen molar-refractivity contribution in [1.82, 2.24) is 14.6 Å². The number of rotatable bonds is 6. The molecule has 0 saturated heterocycles. The van der Waals surface area contributed by atoms with E-state index in [1.165, 1.54) is 12.1 Å². The smallest absolute Gasteiger partial charge is 0.321 e. The standard InChI is InChI=1S/C18H22N4O3S/c1-13(14-4-3-11-19-12-14)22(2)18(23)20-15-7-9-17(10-8-15)26(24,25)21-16-5-6-16/h3-4,7-13,16,21H,5-6H2,1-2H3,(H,20,23). The van der Waals surface area contributed by atoms with Gasteiger partial charge in [-0.15, -0.1) is 0 Å². The summed E-state index contributed by atoms with van der Waals surface area (Å²) in [4.78, 5) is 18.3. The first-order valence-electron chi connectivity index (χ1n) is 8.43. The number of hydrogen-bond donors (Lipinski definition) is 2. The van der Waals surface area contributed by atoms with Crippen molar-refractivity contribution in [2.24, 2.45) is 0 Å². The lowest BCUT2D eigenvalue weighted by molar-refractivity contribution is 0.208. The molecule has 1 unspecified atom stereocenters. The molecule has 1 aliphatic carbocycles. The molecule has 2 N–H and O–H groups in total. The summed E-state index contributed by atoms with van der Waals surface area (Å²) in [5, 5.41) is 2.78. The largest absolute Gasteiger partial charge is 0.322 e. The number of benzene rings is 1. The van der Waals surface area contributed by atoms with Gasteiger partial charge in [0.15, 0.2) is 0 Å². The summed E-state index contributed by atoms with van der Waals surface area (Å²) in [7, 11) is -1.79. The first kappa shape index (κ1) is 18.3. The normalized spacial score (nSPS) is 15.3. The fourth-order valence-corrected chi connectivity index (χ4v) is 3.75. The van der Waals surface area contributed by atoms with E-state index in [1.807, 2.05) is 19.1 Å². The van der Waals surface area contributed by atoms with Crippen LogP contribution in [0.1, 0.15) is 31.4 Å². The van der Waals surface area contributed by atoms with Crippen molar-refractivity contribution < 1.29 is 13.2 Å². The van der Waals surface area contributed by atoms with Crippen LogP contribution in [-0.2, 0) is 10.0 Å². The Labute approximate surface area is 153 Å². The van der Waals surface area contributed by atoms with E-state index in [1.54, 1.807) is 36.5 Å². The number of urea groups is 1. The van der Waals surface area contributed by atoms with E-state index in [0.717, 1.165) is 18.4 Å². The molecule has 138 valence electrons. The minimum atomic E-state index is -3.49. The topological polar surface area (TPSA) is 91.4 Å². The number of nitrogens with one attached hydrogen (secondary N) is 2. The highest BCUT2D eigenvalue weighted by Crippen LogP contribution is 2.23. The van der Waals surface area contributed by atoms with Gasteiger partial charge in [0.2, 0.25) is 10.0 Å². The molecule has 1 heterocycles. The van der Waals surface area contributed by atoms with Crippen molar-refractivity contribution in [2.45, 2.75) is 36.7 Å². The number of carbonyl (C=O) groups excluding carboxylic acids is 1. The molecule has 1 aliphatic rings. The number of carbonyl (C=O) groups is 1. The van der Waals surface area contributed by atoms with Crippen molar-refractivity contribution in [3.8, 4) is 0 Å². The van der Waals surface area contributed by atoms with Gasteiger partial charge in [-0.25, -0.2) is 17.9 Å². The molecular weight excluding hydrogens is 352 g/mol. The second-order valence-corrected chi connectivity index (χ2v) is 8.14. The molecule has 0 radical (unpaired) electrons. The zero-order chi connectivity index (χ0) is 18.7. The molecule has 1 aromatic heterocycles. The number of hydrogen-bond acceptors (Lipinski definition) is 4. The van der Waals surface area contributed by atoms with E-state index in [9.17, 15) is 13.2 Å². The highest BCUT2D eigenvalue weighted by atomic mass is 32.2. The van der Waals surface area contributed by atoms with Crippen molar-refractivity contribution in [1.29, 1.82) is 0 Å². The van der Waals surface area contributed by atoms with Gasteiger partial charge < -0.3 is 10.2 Å². The lowest BCUT2D eigenvalue weighted by Crippen LogP contribution is -2.33. The molecule has 1 saturated carbocycles. The SMILES string of the molecule is CC(c1cccnc1)N(C)C(=O)Nc1ccc(S(=O)(=O)NC2CC2)cc1. The zero-order valence-corrected chi connectivity index (χ0v) is 15.5. The van der Waals surface area contributed by atoms with Gasteiger partial charge in [-0.3, -0.25) is 4.98 Å². The maximum atomic E-state index is 12.4. The Morgan fingerprint density at radius 2 is 1.92 bits per heavy atom. The third-order valence-electron chi connectivity index (χ3n) is 4.38. The summed E-state index contributed by atoms with van der Waals surface area (Å²) in [6.45, 7) is 1.91. The third kappa shape index (κ3) is 4.39. The summed E-state index contributed by atoms with van der Waals surface area (Å²) in [6.07, 6.45) is 5.18. The minimum absolute atomic E-state index is 0.0574. The van der Waals surface area contributed by atoms with Gasteiger partial charge >= 0.3 is 6.03 Å². The van der Waals surface area contributed by atoms with Crippen LogP contribution in [-0.4, -0.2) is 37.4 Å². The Hall–Kier alpha value is -2.45. The molecule has 8 heteroatoms. The van der Waals surface area contributed by atoms with Crippen LogP contribution in [0.3, 0.4) is 0 Å². The lowest BCUT2D eigenvalue weighted by Gasteiger charge is -2.25. The van der Waals surface area contributed by atoms with Crippen molar-refractivity contribution >= 4 is 21.7 Å². The number of sulfonamides is 1. The zero-order valence-electron chi connectivity index (χ0n) is 14.7. The van der Waals surface area contributed by atoms with Crippen LogP contribution in [0.4, 0.5) is 10.5 Å². The van der Waals surface area contributed by atoms with Gasteiger partial charge in [-0.2, -0.15) is 0 Å². The summed E-state index contributed by atoms with van der Waals surface area (Å²) >= 11 is 0. The molecule has 0 bridgehead atoms. The Balaban J connectivity index is 1.64. The molecule has 7 nitrogen and oxygen atoms in total. The van der Waals surface area contributed by atoms with Crippen LogP contribution in [0.2, 0.25) is 0 Å². The Bertz CT molecular complexity index is 865. The second-order valence-electron chi connectivity index (χ2n) is 6.42. The summed E-state index contributed by atoms with van der Waals surface area (Å²) in [6, 6.07) is 9.51. The van der Waals surface area contributed by atoms with E-state index in [4.69, 9.17) is 0 Å². The van der Waals surface area contributed by atoms with Crippen LogP contribution >= 0.6 is 0 Å². The molecule has 2 amide bonds. The molecule has 1 aromatic carbocycles. The van der Waals surface area contributed by atoms with Crippen LogP contribution < -0.4 is 10.0 Å². The fourth-order valence-electron chi connectivity index (χ4n) is 2.44. The second kappa shape index (κ2) is 7.43. The summed E-state index contributed by atoms with van der Waals surface area (Å²) in [5.74, 6) is 0. The number of amides is 2. The number of anilines is 1. The van der Waals surface area contributed by atoms with Crippen molar-refractivity contribution in [3.05, 3.63) is 54.4 Å². The maximum absolute atomic E-state index is 12.4. The molecule has 2 aromatic rings. The van der Waals surface area contributed by atoms with Crippen molar-refractivity contribution in [3.63, 3.8) is 0 Å². The molecule has 1 atom stereocenters. The predicted octanol–water partition coefficient (Wildman–Crippen LogP) is 2.75. The Kier molecular flexibility index (Phi) is 5.24. The number of aromatic nitrogens is 1. The summed E-state index contributed by atoms with van der Waals surface area (Å²) in [5.41, 5.74) is 1.46. The number of pyridine rings is 1. The third-order valence-corrected chi connectivity index (χ3v) is 5.92. The van der Waals surface area contributed by atoms with E-state index in [0.29, 0.717) is 5.69 Å². The van der Waals surface area contributed by atoms with Gasteiger partial charge in [-0.1, -0.05) is 6.07 Å². The van der Waals surface area contributed by atoms with Crippen LogP contribution in [0.15, 0.2) is 53.7 Å². The molecule has 0 spiro atoms. The van der Waals surface area contributed by atoms with Gasteiger partial charge in [0.25, 0.3) is 0 Å². The predicted molar refractivity (Wildman–Crippen MR) is 99.2 cm³/mol. The average Bonchev–Trinajstić information content (AvgIpc) is 3.45. The molecule has 26 heavy (non-hydrogen) atoms. The van der Waals surface area contributed by atoms with E-state index in [-0.39, 0.29) is 23.0 Å². The van der Waals surface area contributed by atoms with Crippen LogP contribution in [0.25, 0.3) is 0 Å². The minimum Gasteiger partial charge on any atom is -0.321 e. The highest BCUT2D eigenvalue weighted by Gasteiger charge is 2.28. The quantitative estimate of drug-likeness (QED) is 0.813. The van der Waals surface area contributed by atoms with Crippen LogP contribution in [0.5, 0.6) is 0 Å². The number of nitrogens with zero attached hydrogens (tertiary/aromatic N) is 2. The lowest BCUT2D eigenvalue weighted by atomic mass is 10.1. The Morgan fingerprint density at radius 3 is 2.50 bits per heavy atom. The first-order valence-corrected chi connectivity index (χ1v) is 9.91. The van der Waals surface area contributed by atoms with E-state index < -0.39 is 10.0 Å². The average molecular weight is 374 g/mol. The van der Waals surface area contributed by atoms with Crippen molar-refractivity contribution in [2.75, 3.05) is 12.4 Å². The summed E-state index contributed by atoms with van der Waals surface area (Å²) < 4.78 is 26.9. The van der Waals surface area contributed by atoms with Gasteiger partial charge in [0, 0.05) is 31.2 Å². The highest BCUT2D eigenvalue weighted by molar-refractivity contribution is 7.89. The van der Waals surface area contributed by atoms with Gasteiger partial charge in [0.1, 0.15) is 0 Å².